The first kappa shape index (κ1) is 9.03. The zero-order valence-corrected chi connectivity index (χ0v) is 8.20. The normalized spacial score (nSPS) is 21.9. The van der Waals surface area contributed by atoms with E-state index in [-0.39, 0.29) is 0 Å². The number of hydroxylamine groups is 2. The molecule has 72 valence electrons. The molecule has 2 rings (SSSR count). The van der Waals surface area contributed by atoms with E-state index in [1.807, 2.05) is 0 Å². The second-order valence-electron chi connectivity index (χ2n) is 3.43. The van der Waals surface area contributed by atoms with Crippen molar-refractivity contribution in [2.75, 3.05) is 13.2 Å². The van der Waals surface area contributed by atoms with Crippen LogP contribution in [0.3, 0.4) is 0 Å². The van der Waals surface area contributed by atoms with Gasteiger partial charge < -0.3 is 0 Å². The Balaban J connectivity index is 1.66. The third-order valence-corrected chi connectivity index (χ3v) is 2.40. The van der Waals surface area contributed by atoms with Gasteiger partial charge in [0.1, 0.15) is 5.16 Å². The number of hydrogen-bond acceptors (Lipinski definition) is 3. The van der Waals surface area contributed by atoms with E-state index in [1.54, 1.807) is 17.5 Å². The molecule has 2 aliphatic rings. The van der Waals surface area contributed by atoms with Gasteiger partial charge in [-0.2, -0.15) is 0 Å². The van der Waals surface area contributed by atoms with Crippen LogP contribution in [0.4, 0.5) is 0 Å². The Labute approximate surface area is 83.0 Å². The van der Waals surface area contributed by atoms with Gasteiger partial charge >= 0.3 is 0 Å². The Bertz CT molecular complexity index is 236. The molecule has 4 heteroatoms. The van der Waals surface area contributed by atoms with Gasteiger partial charge in [-0.3, -0.25) is 9.90 Å². The van der Waals surface area contributed by atoms with Crippen LogP contribution in [-0.2, 0) is 4.84 Å². The van der Waals surface area contributed by atoms with Crippen molar-refractivity contribution in [2.24, 2.45) is 10.9 Å². The summed E-state index contributed by atoms with van der Waals surface area (Å²) >= 11 is 5.71. The average Bonchev–Trinajstić information content (AvgIpc) is 2.88. The number of aliphatic imine (C=N–C) groups is 1. The van der Waals surface area contributed by atoms with Gasteiger partial charge in [-0.1, -0.05) is 24.4 Å². The van der Waals surface area contributed by atoms with E-state index >= 15 is 0 Å². The van der Waals surface area contributed by atoms with Crippen LogP contribution >= 0.6 is 11.6 Å². The number of hydrogen-bond donors (Lipinski definition) is 0. The molecule has 1 fully saturated rings. The van der Waals surface area contributed by atoms with Crippen molar-refractivity contribution in [1.82, 2.24) is 5.06 Å². The summed E-state index contributed by atoms with van der Waals surface area (Å²) in [7, 11) is 0. The molecule has 0 saturated heterocycles. The third-order valence-electron chi connectivity index (χ3n) is 2.21. The summed E-state index contributed by atoms with van der Waals surface area (Å²) in [5.41, 5.74) is 0. The fraction of sp³-hybridized carbons (Fsp3) is 0.667. The lowest BCUT2D eigenvalue weighted by atomic mass is 10.3. The lowest BCUT2D eigenvalue weighted by Gasteiger charge is -2.19. The van der Waals surface area contributed by atoms with E-state index in [1.165, 1.54) is 19.3 Å². The summed E-state index contributed by atoms with van der Waals surface area (Å²) in [6, 6.07) is 0. The molecule has 0 atom stereocenters. The molecular weight excluding hydrogens is 188 g/mol. The van der Waals surface area contributed by atoms with Crippen LogP contribution in [0.5, 0.6) is 0 Å². The first-order valence-corrected chi connectivity index (χ1v) is 5.02. The molecule has 0 amide bonds. The second-order valence-corrected chi connectivity index (χ2v) is 3.82. The van der Waals surface area contributed by atoms with Crippen LogP contribution in [0.15, 0.2) is 16.3 Å². The molecule has 3 nitrogen and oxygen atoms in total. The predicted octanol–water partition coefficient (Wildman–Crippen LogP) is 2.14. The number of rotatable bonds is 4. The predicted molar refractivity (Wildman–Crippen MR) is 52.4 cm³/mol. The average molecular weight is 201 g/mol. The lowest BCUT2D eigenvalue weighted by Crippen LogP contribution is -2.23. The SMILES string of the molecule is ClC1=CN(OCCC2CC2)CC=N1. The minimum atomic E-state index is 0.484. The van der Waals surface area contributed by atoms with E-state index in [0.717, 1.165) is 12.5 Å². The highest BCUT2D eigenvalue weighted by Gasteiger charge is 2.20. The van der Waals surface area contributed by atoms with Crippen molar-refractivity contribution in [2.45, 2.75) is 19.3 Å². The Kier molecular flexibility index (Phi) is 2.86. The Hall–Kier alpha value is -0.540. The minimum Gasteiger partial charge on any atom is -0.274 e. The topological polar surface area (TPSA) is 24.8 Å². The lowest BCUT2D eigenvalue weighted by molar-refractivity contribution is -0.111. The van der Waals surface area contributed by atoms with E-state index < -0.39 is 0 Å². The molecule has 1 aliphatic heterocycles. The molecular formula is C9H13ClN2O. The quantitative estimate of drug-likeness (QED) is 0.650. The maximum Gasteiger partial charge on any atom is 0.146 e. The van der Waals surface area contributed by atoms with Crippen molar-refractivity contribution in [1.29, 1.82) is 0 Å². The maximum absolute atomic E-state index is 5.71. The molecule has 0 N–H and O–H groups in total. The third kappa shape index (κ3) is 3.01. The fourth-order valence-electron chi connectivity index (χ4n) is 1.25. The van der Waals surface area contributed by atoms with Gasteiger partial charge in [-0.15, -0.1) is 0 Å². The van der Waals surface area contributed by atoms with Gasteiger partial charge in [0.05, 0.1) is 19.4 Å². The van der Waals surface area contributed by atoms with Gasteiger partial charge in [0.25, 0.3) is 0 Å². The Morgan fingerprint density at radius 1 is 1.62 bits per heavy atom. The van der Waals surface area contributed by atoms with Crippen molar-refractivity contribution < 1.29 is 4.84 Å². The van der Waals surface area contributed by atoms with Crippen LogP contribution in [-0.4, -0.2) is 24.4 Å². The van der Waals surface area contributed by atoms with Crippen molar-refractivity contribution in [3.63, 3.8) is 0 Å². The zero-order chi connectivity index (χ0) is 9.10. The highest BCUT2D eigenvalue weighted by Crippen LogP contribution is 2.32. The molecule has 0 aromatic carbocycles. The molecule has 0 radical (unpaired) electrons. The molecule has 0 aromatic heterocycles. The maximum atomic E-state index is 5.71. The molecule has 1 aliphatic carbocycles. The minimum absolute atomic E-state index is 0.484. The zero-order valence-electron chi connectivity index (χ0n) is 7.45. The van der Waals surface area contributed by atoms with Gasteiger partial charge in [-0.25, -0.2) is 4.99 Å². The number of nitrogens with zero attached hydrogens (tertiary/aromatic N) is 2. The van der Waals surface area contributed by atoms with Crippen LogP contribution in [0.2, 0.25) is 0 Å². The van der Waals surface area contributed by atoms with Crippen LogP contribution in [0.1, 0.15) is 19.3 Å². The summed E-state index contributed by atoms with van der Waals surface area (Å²) in [6.45, 7) is 1.49. The van der Waals surface area contributed by atoms with Gasteiger partial charge in [-0.05, 0) is 12.3 Å². The summed E-state index contributed by atoms with van der Waals surface area (Å²) in [5, 5.41) is 2.22. The Morgan fingerprint density at radius 3 is 3.15 bits per heavy atom. The van der Waals surface area contributed by atoms with Gasteiger partial charge in [0, 0.05) is 6.21 Å². The highest BCUT2D eigenvalue weighted by atomic mass is 35.5. The van der Waals surface area contributed by atoms with Gasteiger partial charge in [0.2, 0.25) is 0 Å². The molecule has 0 bridgehead atoms. The van der Waals surface area contributed by atoms with E-state index in [4.69, 9.17) is 16.4 Å². The summed E-state index contributed by atoms with van der Waals surface area (Å²) in [4.78, 5) is 9.40. The molecule has 0 unspecified atom stereocenters. The summed E-state index contributed by atoms with van der Waals surface area (Å²) in [6.07, 6.45) is 7.38. The van der Waals surface area contributed by atoms with E-state index in [9.17, 15) is 0 Å². The first-order chi connectivity index (χ1) is 6.34. The standard InChI is InChI=1S/C9H13ClN2O/c10-9-7-12(5-4-11-9)13-6-3-8-1-2-8/h4,7-8H,1-3,5-6H2. The molecule has 0 spiro atoms. The van der Waals surface area contributed by atoms with Crippen molar-refractivity contribution in [3.8, 4) is 0 Å². The Morgan fingerprint density at radius 2 is 2.46 bits per heavy atom. The van der Waals surface area contributed by atoms with Crippen molar-refractivity contribution >= 4 is 17.8 Å². The monoisotopic (exact) mass is 200 g/mol. The van der Waals surface area contributed by atoms with Gasteiger partial charge in [0.15, 0.2) is 0 Å². The van der Waals surface area contributed by atoms with Crippen LogP contribution < -0.4 is 0 Å². The smallest absolute Gasteiger partial charge is 0.146 e. The second kappa shape index (κ2) is 4.11. The highest BCUT2D eigenvalue weighted by molar-refractivity contribution is 6.29. The molecule has 13 heavy (non-hydrogen) atoms. The first-order valence-electron chi connectivity index (χ1n) is 4.64. The largest absolute Gasteiger partial charge is 0.274 e. The summed E-state index contributed by atoms with van der Waals surface area (Å²) < 4.78 is 0. The van der Waals surface area contributed by atoms with E-state index in [2.05, 4.69) is 4.99 Å². The summed E-state index contributed by atoms with van der Waals surface area (Å²) in [5.74, 6) is 0.915. The molecule has 1 heterocycles. The number of halogens is 1. The van der Waals surface area contributed by atoms with Crippen LogP contribution in [0.25, 0.3) is 0 Å². The molecule has 1 saturated carbocycles. The van der Waals surface area contributed by atoms with Crippen molar-refractivity contribution in [3.05, 3.63) is 11.4 Å². The molecule has 0 aromatic rings. The van der Waals surface area contributed by atoms with Crippen LogP contribution in [0, 0.1) is 5.92 Å². The fourth-order valence-corrected chi connectivity index (χ4v) is 1.42. The van der Waals surface area contributed by atoms with E-state index in [0.29, 0.717) is 11.7 Å².